The third-order valence-electron chi connectivity index (χ3n) is 5.77. The summed E-state index contributed by atoms with van der Waals surface area (Å²) in [5, 5.41) is 12.1. The number of fused-ring (bicyclic) bond motifs is 2. The van der Waals surface area contributed by atoms with Gasteiger partial charge in [0.15, 0.2) is 0 Å². The number of nitrogens with one attached hydrogen (secondary N) is 2. The highest BCUT2D eigenvalue weighted by Crippen LogP contribution is 2.39. The van der Waals surface area contributed by atoms with Gasteiger partial charge in [-0.05, 0) is 68.0 Å². The van der Waals surface area contributed by atoms with Crippen LogP contribution in [0.4, 0.5) is 11.4 Å². The van der Waals surface area contributed by atoms with Crippen molar-refractivity contribution in [1.82, 2.24) is 0 Å². The normalized spacial score (nSPS) is 15.4. The van der Waals surface area contributed by atoms with Gasteiger partial charge in [0.05, 0.1) is 0 Å². The standard InChI is InChI=1S/C23H23N3O2/c1-14-5-2-7-17(11-14)25-23(27)19-13-16-12-15-6-3-9-26-10-4-8-18(20(15)26)21(16)28-22(19)24/h2,5,7,11-13,24H,3-4,6,8-10H2,1H3,(H,25,27). The van der Waals surface area contributed by atoms with E-state index in [0.717, 1.165) is 61.0 Å². The molecule has 5 nitrogen and oxygen atoms in total. The topological polar surface area (TPSA) is 69.3 Å². The lowest BCUT2D eigenvalue weighted by atomic mass is 9.90. The Morgan fingerprint density at radius 3 is 2.79 bits per heavy atom. The molecule has 0 saturated carbocycles. The van der Waals surface area contributed by atoms with Crippen LogP contribution in [0.25, 0.3) is 11.0 Å². The second kappa shape index (κ2) is 6.51. The van der Waals surface area contributed by atoms with Crippen LogP contribution in [-0.2, 0) is 12.8 Å². The van der Waals surface area contributed by atoms with Crippen LogP contribution in [0.5, 0.6) is 0 Å². The SMILES string of the molecule is Cc1cccc(NC(=O)c2cc3cc4c5c(c3oc2=N)CCCN5CCC4)c1. The van der Waals surface area contributed by atoms with E-state index in [2.05, 4.69) is 16.3 Å². The van der Waals surface area contributed by atoms with Crippen molar-refractivity contribution in [2.75, 3.05) is 23.3 Å². The second-order valence-corrected chi connectivity index (χ2v) is 7.79. The van der Waals surface area contributed by atoms with Gasteiger partial charge < -0.3 is 14.6 Å². The molecule has 3 heterocycles. The van der Waals surface area contributed by atoms with Gasteiger partial charge in [0, 0.05) is 35.4 Å². The van der Waals surface area contributed by atoms with Gasteiger partial charge in [0.2, 0.25) is 5.55 Å². The predicted octanol–water partition coefficient (Wildman–Crippen LogP) is 4.17. The first-order valence-corrected chi connectivity index (χ1v) is 9.90. The predicted molar refractivity (Wildman–Crippen MR) is 110 cm³/mol. The summed E-state index contributed by atoms with van der Waals surface area (Å²) in [4.78, 5) is 15.2. The van der Waals surface area contributed by atoms with Crippen LogP contribution in [0.1, 0.15) is 39.9 Å². The van der Waals surface area contributed by atoms with E-state index >= 15 is 0 Å². The lowest BCUT2D eigenvalue weighted by Crippen LogP contribution is -2.34. The van der Waals surface area contributed by atoms with E-state index in [-0.39, 0.29) is 17.0 Å². The maximum Gasteiger partial charge on any atom is 0.261 e. The molecule has 1 amide bonds. The number of amides is 1. The van der Waals surface area contributed by atoms with Crippen LogP contribution in [0.15, 0.2) is 40.8 Å². The number of hydrogen-bond donors (Lipinski definition) is 2. The van der Waals surface area contributed by atoms with Gasteiger partial charge in [0.1, 0.15) is 11.1 Å². The Morgan fingerprint density at radius 1 is 1.14 bits per heavy atom. The smallest absolute Gasteiger partial charge is 0.261 e. The number of carbonyl (C=O) groups is 1. The Kier molecular flexibility index (Phi) is 3.97. The van der Waals surface area contributed by atoms with E-state index in [0.29, 0.717) is 0 Å². The zero-order valence-electron chi connectivity index (χ0n) is 16.0. The molecule has 2 aromatic carbocycles. The van der Waals surface area contributed by atoms with Gasteiger partial charge in [0.25, 0.3) is 5.91 Å². The summed E-state index contributed by atoms with van der Waals surface area (Å²) in [6.07, 6.45) is 4.28. The summed E-state index contributed by atoms with van der Waals surface area (Å²) in [6, 6.07) is 11.6. The Bertz CT molecular complexity index is 1160. The monoisotopic (exact) mass is 373 g/mol. The molecule has 0 radical (unpaired) electrons. The molecular formula is C23H23N3O2. The fourth-order valence-electron chi connectivity index (χ4n) is 4.55. The Labute approximate surface area is 163 Å². The van der Waals surface area contributed by atoms with Crippen molar-refractivity contribution in [2.45, 2.75) is 32.6 Å². The summed E-state index contributed by atoms with van der Waals surface area (Å²) < 4.78 is 5.92. The molecule has 0 spiro atoms. The number of aryl methyl sites for hydroxylation is 3. The van der Waals surface area contributed by atoms with Crippen molar-refractivity contribution in [3.63, 3.8) is 0 Å². The van der Waals surface area contributed by atoms with E-state index in [1.807, 2.05) is 37.3 Å². The Hall–Kier alpha value is -3.08. The number of anilines is 2. The molecule has 0 fully saturated rings. The minimum Gasteiger partial charge on any atom is -0.438 e. The van der Waals surface area contributed by atoms with E-state index in [9.17, 15) is 4.79 Å². The molecule has 0 atom stereocenters. The Morgan fingerprint density at radius 2 is 1.96 bits per heavy atom. The minimum atomic E-state index is -0.311. The highest BCUT2D eigenvalue weighted by Gasteiger charge is 2.27. The fraction of sp³-hybridized carbons (Fsp3) is 0.304. The molecule has 0 saturated heterocycles. The van der Waals surface area contributed by atoms with Gasteiger partial charge in [-0.1, -0.05) is 12.1 Å². The number of nitrogens with zero attached hydrogens (tertiary/aromatic N) is 1. The summed E-state index contributed by atoms with van der Waals surface area (Å²) in [5.41, 5.74) is 6.60. The molecule has 3 aromatic rings. The van der Waals surface area contributed by atoms with Crippen LogP contribution < -0.4 is 15.8 Å². The lowest BCUT2D eigenvalue weighted by Gasteiger charge is -2.37. The van der Waals surface area contributed by atoms with Crippen LogP contribution in [0.3, 0.4) is 0 Å². The van der Waals surface area contributed by atoms with Crippen molar-refractivity contribution in [2.24, 2.45) is 0 Å². The number of hydrogen-bond acceptors (Lipinski definition) is 4. The van der Waals surface area contributed by atoms with Crippen molar-refractivity contribution in [1.29, 1.82) is 5.41 Å². The third kappa shape index (κ3) is 2.78. The maximum absolute atomic E-state index is 12.8. The van der Waals surface area contributed by atoms with Gasteiger partial charge in [-0.15, -0.1) is 0 Å². The first kappa shape index (κ1) is 17.0. The van der Waals surface area contributed by atoms with E-state index in [4.69, 9.17) is 9.83 Å². The minimum absolute atomic E-state index is 0.0817. The van der Waals surface area contributed by atoms with E-state index in [1.165, 1.54) is 16.8 Å². The quantitative estimate of drug-likeness (QED) is 0.708. The molecule has 2 N–H and O–H groups in total. The molecule has 0 unspecified atom stereocenters. The number of carbonyl (C=O) groups excluding carboxylic acids is 1. The zero-order chi connectivity index (χ0) is 19.3. The molecule has 28 heavy (non-hydrogen) atoms. The van der Waals surface area contributed by atoms with Gasteiger partial charge in [-0.2, -0.15) is 0 Å². The molecule has 2 aliphatic rings. The molecule has 1 aromatic heterocycles. The van der Waals surface area contributed by atoms with Gasteiger partial charge in [-0.3, -0.25) is 10.2 Å². The van der Waals surface area contributed by atoms with E-state index < -0.39 is 0 Å². The average molecular weight is 373 g/mol. The van der Waals surface area contributed by atoms with Crippen molar-refractivity contribution in [3.05, 3.63) is 64.2 Å². The molecule has 142 valence electrons. The highest BCUT2D eigenvalue weighted by atomic mass is 16.3. The van der Waals surface area contributed by atoms with Crippen LogP contribution in [-0.4, -0.2) is 19.0 Å². The van der Waals surface area contributed by atoms with Crippen LogP contribution in [0, 0.1) is 12.3 Å². The first-order chi connectivity index (χ1) is 13.6. The fourth-order valence-corrected chi connectivity index (χ4v) is 4.55. The molecular weight excluding hydrogens is 350 g/mol. The van der Waals surface area contributed by atoms with Crippen LogP contribution in [0.2, 0.25) is 0 Å². The van der Waals surface area contributed by atoms with E-state index in [1.54, 1.807) is 0 Å². The summed E-state index contributed by atoms with van der Waals surface area (Å²) in [6.45, 7) is 4.17. The second-order valence-electron chi connectivity index (χ2n) is 7.79. The van der Waals surface area contributed by atoms with Crippen molar-refractivity contribution >= 4 is 28.3 Å². The number of benzene rings is 2. The van der Waals surface area contributed by atoms with Crippen LogP contribution >= 0.6 is 0 Å². The van der Waals surface area contributed by atoms with Gasteiger partial charge >= 0.3 is 0 Å². The largest absolute Gasteiger partial charge is 0.438 e. The zero-order valence-corrected chi connectivity index (χ0v) is 16.0. The first-order valence-electron chi connectivity index (χ1n) is 9.90. The van der Waals surface area contributed by atoms with Crippen molar-refractivity contribution in [3.8, 4) is 0 Å². The van der Waals surface area contributed by atoms with Crippen molar-refractivity contribution < 1.29 is 9.21 Å². The maximum atomic E-state index is 12.8. The number of rotatable bonds is 2. The molecule has 5 rings (SSSR count). The molecule has 2 aliphatic heterocycles. The molecule has 0 aliphatic carbocycles. The third-order valence-corrected chi connectivity index (χ3v) is 5.77. The summed E-state index contributed by atoms with van der Waals surface area (Å²) in [7, 11) is 0. The summed E-state index contributed by atoms with van der Waals surface area (Å²) >= 11 is 0. The lowest BCUT2D eigenvalue weighted by molar-refractivity contribution is 0.102. The van der Waals surface area contributed by atoms with Gasteiger partial charge in [-0.25, -0.2) is 0 Å². The Balaban J connectivity index is 1.60. The average Bonchev–Trinajstić information content (AvgIpc) is 2.68. The highest BCUT2D eigenvalue weighted by molar-refractivity contribution is 6.05. The summed E-state index contributed by atoms with van der Waals surface area (Å²) in [5.74, 6) is -0.311. The molecule has 0 bridgehead atoms. The molecule has 5 heteroatoms.